The van der Waals surface area contributed by atoms with Crippen molar-refractivity contribution in [2.24, 2.45) is 0 Å². The Morgan fingerprint density at radius 2 is 1.75 bits per heavy atom. The lowest BCUT2D eigenvalue weighted by Crippen LogP contribution is -2.37. The van der Waals surface area contributed by atoms with Crippen LogP contribution >= 0.6 is 11.6 Å². The van der Waals surface area contributed by atoms with E-state index in [-0.39, 0.29) is 0 Å². The fourth-order valence-corrected chi connectivity index (χ4v) is 4.73. The second-order valence-electron chi connectivity index (χ2n) is 9.17. The van der Waals surface area contributed by atoms with Crippen LogP contribution in [0.2, 0.25) is 5.02 Å². The van der Waals surface area contributed by atoms with Gasteiger partial charge in [0.1, 0.15) is 46.6 Å². The molecule has 0 aliphatic carbocycles. The number of rotatable bonds is 10. The van der Waals surface area contributed by atoms with Crippen molar-refractivity contribution < 1.29 is 14.2 Å². The van der Waals surface area contributed by atoms with Crippen LogP contribution < -0.4 is 20.1 Å². The third kappa shape index (κ3) is 6.39. The Labute approximate surface area is 237 Å². The van der Waals surface area contributed by atoms with Crippen LogP contribution in [0.25, 0.3) is 11.3 Å². The van der Waals surface area contributed by atoms with Gasteiger partial charge >= 0.3 is 0 Å². The van der Waals surface area contributed by atoms with Crippen LogP contribution in [0.1, 0.15) is 11.1 Å². The Balaban J connectivity index is 1.33. The van der Waals surface area contributed by atoms with Crippen LogP contribution in [0, 0.1) is 6.92 Å². The van der Waals surface area contributed by atoms with Crippen molar-refractivity contribution in [2.75, 3.05) is 57.7 Å². The molecule has 2 N–H and O–H groups in total. The summed E-state index contributed by atoms with van der Waals surface area (Å²) in [6.07, 6.45) is 7.46. The van der Waals surface area contributed by atoms with Crippen LogP contribution in [0.5, 0.6) is 11.5 Å². The molecule has 0 atom stereocenters. The van der Waals surface area contributed by atoms with E-state index in [0.717, 1.165) is 44.8 Å². The lowest BCUT2D eigenvalue weighted by atomic mass is 10.1. The van der Waals surface area contributed by atoms with Gasteiger partial charge in [0.05, 0.1) is 44.4 Å². The summed E-state index contributed by atoms with van der Waals surface area (Å²) in [5.41, 5.74) is 3.88. The Hall–Kier alpha value is -4.06. The number of methoxy groups -OCH3 is 2. The molecule has 208 valence electrons. The van der Waals surface area contributed by atoms with E-state index >= 15 is 0 Å². The highest BCUT2D eigenvalue weighted by atomic mass is 35.5. The van der Waals surface area contributed by atoms with Crippen LogP contribution in [-0.4, -0.2) is 76.9 Å². The van der Waals surface area contributed by atoms with Crippen LogP contribution in [0.15, 0.2) is 49.3 Å². The minimum atomic E-state index is 0.412. The summed E-state index contributed by atoms with van der Waals surface area (Å²) in [5, 5.41) is 6.99. The molecule has 0 bridgehead atoms. The first-order valence-electron chi connectivity index (χ1n) is 12.9. The van der Waals surface area contributed by atoms with E-state index in [0.29, 0.717) is 50.9 Å². The molecule has 0 amide bonds. The number of halogens is 1. The molecule has 0 radical (unpaired) electrons. The van der Waals surface area contributed by atoms with Crippen LogP contribution in [-0.2, 0) is 11.2 Å². The molecule has 0 unspecified atom stereocenters. The monoisotopic (exact) mass is 562 g/mol. The summed E-state index contributed by atoms with van der Waals surface area (Å²) in [5.74, 6) is 2.91. The zero-order valence-electron chi connectivity index (χ0n) is 22.6. The highest BCUT2D eigenvalue weighted by molar-refractivity contribution is 6.35. The summed E-state index contributed by atoms with van der Waals surface area (Å²) >= 11 is 6.64. The number of morpholine rings is 1. The second kappa shape index (κ2) is 12.9. The number of nitrogens with zero attached hydrogens (tertiary/aromatic N) is 6. The van der Waals surface area contributed by atoms with Gasteiger partial charge in [0, 0.05) is 49.7 Å². The molecule has 1 aromatic carbocycles. The van der Waals surface area contributed by atoms with Gasteiger partial charge in [0.15, 0.2) is 0 Å². The molecule has 11 nitrogen and oxygen atoms in total. The molecule has 0 spiro atoms. The number of aromatic nitrogens is 5. The molecule has 1 saturated heterocycles. The van der Waals surface area contributed by atoms with Crippen molar-refractivity contribution >= 4 is 34.7 Å². The third-order valence-electron chi connectivity index (χ3n) is 6.68. The zero-order chi connectivity index (χ0) is 27.9. The molecule has 4 heterocycles. The van der Waals surface area contributed by atoms with Gasteiger partial charge in [-0.1, -0.05) is 17.7 Å². The van der Waals surface area contributed by atoms with E-state index in [1.54, 1.807) is 26.5 Å². The number of hydrogen-bond acceptors (Lipinski definition) is 11. The van der Waals surface area contributed by atoms with Gasteiger partial charge in [-0.25, -0.2) is 24.9 Å². The largest absolute Gasteiger partial charge is 0.496 e. The van der Waals surface area contributed by atoms with Crippen LogP contribution in [0.4, 0.5) is 23.1 Å². The molecule has 5 rings (SSSR count). The average molecular weight is 563 g/mol. The SMILES string of the molecule is COc1cc(OC)c(Cl)c(Nc2ncncc2-c2cc(Nc3ccc(CCN4CCOCC4)cn3)ncn2)c1C. The molecule has 1 aliphatic rings. The van der Waals surface area contributed by atoms with Crippen molar-refractivity contribution in [3.63, 3.8) is 0 Å². The van der Waals surface area contributed by atoms with Gasteiger partial charge in [0.25, 0.3) is 0 Å². The molecule has 0 saturated carbocycles. The van der Waals surface area contributed by atoms with Gasteiger partial charge < -0.3 is 24.8 Å². The van der Waals surface area contributed by atoms with Crippen LogP contribution in [0.3, 0.4) is 0 Å². The van der Waals surface area contributed by atoms with E-state index in [1.807, 2.05) is 25.3 Å². The summed E-state index contributed by atoms with van der Waals surface area (Å²) in [6, 6.07) is 7.60. The fraction of sp³-hybridized carbons (Fsp3) is 0.321. The Morgan fingerprint density at radius 3 is 2.50 bits per heavy atom. The number of ether oxygens (including phenoxy) is 3. The quantitative estimate of drug-likeness (QED) is 0.280. The first-order chi connectivity index (χ1) is 19.6. The smallest absolute Gasteiger partial charge is 0.143 e. The molecule has 1 aliphatic heterocycles. The number of hydrogen-bond donors (Lipinski definition) is 2. The Bertz CT molecular complexity index is 1420. The minimum absolute atomic E-state index is 0.412. The predicted molar refractivity (Wildman–Crippen MR) is 154 cm³/mol. The number of anilines is 4. The van der Waals surface area contributed by atoms with Crippen molar-refractivity contribution in [1.82, 2.24) is 29.8 Å². The standard InChI is InChI=1S/C28H31ClN8O3/c1-18-22(38-2)13-23(39-3)26(29)27(18)36-28-20(15-30-16-34-28)21-12-25(33-17-32-21)35-24-5-4-19(14-31-24)6-7-37-8-10-40-11-9-37/h4-5,12-17H,6-11H2,1-3H3,(H,30,34,36)(H,31,32,33,35). The first kappa shape index (κ1) is 27.5. The van der Waals surface area contributed by atoms with Crippen molar-refractivity contribution in [2.45, 2.75) is 13.3 Å². The van der Waals surface area contributed by atoms with Crippen molar-refractivity contribution in [3.8, 4) is 22.8 Å². The number of nitrogens with one attached hydrogen (secondary N) is 2. The van der Waals surface area contributed by atoms with Gasteiger partial charge in [-0.2, -0.15) is 0 Å². The number of pyridine rings is 1. The summed E-state index contributed by atoms with van der Waals surface area (Å²) in [4.78, 5) is 24.5. The molecular weight excluding hydrogens is 532 g/mol. The topological polar surface area (TPSA) is 119 Å². The zero-order valence-corrected chi connectivity index (χ0v) is 23.4. The average Bonchev–Trinajstić information content (AvgIpc) is 3.00. The Kier molecular flexibility index (Phi) is 8.84. The van der Waals surface area contributed by atoms with Gasteiger partial charge in [-0.3, -0.25) is 4.90 Å². The van der Waals surface area contributed by atoms with Gasteiger partial charge in [0.2, 0.25) is 0 Å². The maximum Gasteiger partial charge on any atom is 0.143 e. The van der Waals surface area contributed by atoms with Crippen molar-refractivity contribution in [1.29, 1.82) is 0 Å². The summed E-state index contributed by atoms with van der Waals surface area (Å²) < 4.78 is 16.4. The Morgan fingerprint density at radius 1 is 0.925 bits per heavy atom. The summed E-state index contributed by atoms with van der Waals surface area (Å²) in [7, 11) is 3.15. The molecule has 1 fully saturated rings. The normalized spacial score (nSPS) is 13.6. The lowest BCUT2D eigenvalue weighted by molar-refractivity contribution is 0.0384. The highest BCUT2D eigenvalue weighted by Crippen LogP contribution is 2.42. The lowest BCUT2D eigenvalue weighted by Gasteiger charge is -2.26. The molecule has 40 heavy (non-hydrogen) atoms. The third-order valence-corrected chi connectivity index (χ3v) is 7.06. The van der Waals surface area contributed by atoms with E-state index < -0.39 is 0 Å². The maximum absolute atomic E-state index is 6.64. The first-order valence-corrected chi connectivity index (χ1v) is 13.3. The van der Waals surface area contributed by atoms with Gasteiger partial charge in [-0.05, 0) is 25.0 Å². The van der Waals surface area contributed by atoms with Crippen molar-refractivity contribution in [3.05, 3.63) is 65.5 Å². The molecule has 4 aromatic rings. The van der Waals surface area contributed by atoms with E-state index in [9.17, 15) is 0 Å². The predicted octanol–water partition coefficient (Wildman–Crippen LogP) is 4.67. The fourth-order valence-electron chi connectivity index (χ4n) is 4.41. The number of benzene rings is 1. The minimum Gasteiger partial charge on any atom is -0.496 e. The maximum atomic E-state index is 6.64. The highest BCUT2D eigenvalue weighted by Gasteiger charge is 2.18. The van der Waals surface area contributed by atoms with E-state index in [4.69, 9.17) is 25.8 Å². The second-order valence-corrected chi connectivity index (χ2v) is 9.55. The molecule has 3 aromatic heterocycles. The van der Waals surface area contributed by atoms with Gasteiger partial charge in [-0.15, -0.1) is 0 Å². The van der Waals surface area contributed by atoms with E-state index in [2.05, 4.69) is 46.5 Å². The molecular formula is C28H31ClN8O3. The molecule has 12 heteroatoms. The summed E-state index contributed by atoms with van der Waals surface area (Å²) in [6.45, 7) is 6.47. The van der Waals surface area contributed by atoms with E-state index in [1.165, 1.54) is 18.2 Å².